The zero-order valence-corrected chi connectivity index (χ0v) is 17.2. The highest BCUT2D eigenvalue weighted by atomic mass is 79.9. The van der Waals surface area contributed by atoms with Crippen LogP contribution in [0.3, 0.4) is 0 Å². The number of benzene rings is 2. The number of amides is 2. The Hall–Kier alpha value is -2.39. The molecule has 0 aliphatic carbocycles. The number of carbonyl (C=O) groups excluding carboxylic acids is 1. The normalized spacial score (nSPS) is 10.9. The SMILES string of the molecule is COc1ccc(/C=N/NC(=O)N/N=C/c2ccc(OC)cc2Br)c(Br)c1. The number of halogens is 2. The number of urea groups is 1. The van der Waals surface area contributed by atoms with E-state index in [2.05, 4.69) is 52.9 Å². The Labute approximate surface area is 167 Å². The highest BCUT2D eigenvalue weighted by molar-refractivity contribution is 9.10. The smallest absolute Gasteiger partial charge is 0.355 e. The topological polar surface area (TPSA) is 84.3 Å². The van der Waals surface area contributed by atoms with Gasteiger partial charge >= 0.3 is 6.03 Å². The van der Waals surface area contributed by atoms with Gasteiger partial charge in [0.25, 0.3) is 0 Å². The molecule has 0 aliphatic rings. The molecule has 9 heteroatoms. The van der Waals surface area contributed by atoms with E-state index in [4.69, 9.17) is 9.47 Å². The van der Waals surface area contributed by atoms with Crippen LogP contribution >= 0.6 is 31.9 Å². The summed E-state index contributed by atoms with van der Waals surface area (Å²) in [4.78, 5) is 11.7. The van der Waals surface area contributed by atoms with E-state index in [0.29, 0.717) is 0 Å². The van der Waals surface area contributed by atoms with Crippen LogP contribution in [0, 0.1) is 0 Å². The fourth-order valence-corrected chi connectivity index (χ4v) is 2.75. The minimum atomic E-state index is -0.563. The quantitative estimate of drug-likeness (QED) is 0.482. The van der Waals surface area contributed by atoms with Crippen molar-refractivity contribution >= 4 is 50.3 Å². The Kier molecular flexibility index (Phi) is 7.61. The molecule has 26 heavy (non-hydrogen) atoms. The molecule has 0 aliphatic heterocycles. The van der Waals surface area contributed by atoms with Gasteiger partial charge in [-0.05, 0) is 68.3 Å². The summed E-state index contributed by atoms with van der Waals surface area (Å²) in [5.74, 6) is 1.44. The molecule has 0 aromatic heterocycles. The molecule has 7 nitrogen and oxygen atoms in total. The van der Waals surface area contributed by atoms with Crippen LogP contribution in [0.25, 0.3) is 0 Å². The van der Waals surface area contributed by atoms with E-state index in [0.717, 1.165) is 31.6 Å². The lowest BCUT2D eigenvalue weighted by atomic mass is 10.2. The minimum Gasteiger partial charge on any atom is -0.497 e. The van der Waals surface area contributed by atoms with E-state index >= 15 is 0 Å². The maximum absolute atomic E-state index is 11.7. The maximum atomic E-state index is 11.7. The van der Waals surface area contributed by atoms with Gasteiger partial charge in [0.1, 0.15) is 11.5 Å². The lowest BCUT2D eigenvalue weighted by Crippen LogP contribution is -2.28. The average molecular weight is 484 g/mol. The molecule has 0 unspecified atom stereocenters. The summed E-state index contributed by atoms with van der Waals surface area (Å²) in [5.41, 5.74) is 6.23. The Bertz CT molecular complexity index is 773. The molecule has 2 aromatic carbocycles. The van der Waals surface area contributed by atoms with Gasteiger partial charge in [-0.3, -0.25) is 0 Å². The molecule has 0 saturated heterocycles. The third-order valence-electron chi connectivity index (χ3n) is 3.15. The van der Waals surface area contributed by atoms with Crippen molar-refractivity contribution < 1.29 is 14.3 Å². The number of nitrogens with one attached hydrogen (secondary N) is 2. The standard InChI is InChI=1S/C17H16Br2N4O3/c1-25-13-5-3-11(15(18)7-13)9-20-22-17(24)23-21-10-12-4-6-14(26-2)8-16(12)19/h3-10H,1-2H3,(H2,22,23,24)/b20-9+,21-10+. The summed E-state index contributed by atoms with van der Waals surface area (Å²) in [6, 6.07) is 10.3. The Morgan fingerprint density at radius 3 is 1.65 bits per heavy atom. The van der Waals surface area contributed by atoms with Crippen molar-refractivity contribution in [3.63, 3.8) is 0 Å². The number of nitrogens with zero attached hydrogens (tertiary/aromatic N) is 2. The lowest BCUT2D eigenvalue weighted by molar-refractivity contribution is 0.242. The second kappa shape index (κ2) is 9.93. The van der Waals surface area contributed by atoms with E-state index in [-0.39, 0.29) is 0 Å². The number of hydrogen-bond donors (Lipinski definition) is 2. The van der Waals surface area contributed by atoms with Crippen LogP contribution in [0.5, 0.6) is 11.5 Å². The van der Waals surface area contributed by atoms with Crippen molar-refractivity contribution in [2.24, 2.45) is 10.2 Å². The van der Waals surface area contributed by atoms with Crippen molar-refractivity contribution in [3.8, 4) is 11.5 Å². The van der Waals surface area contributed by atoms with Crippen molar-refractivity contribution in [1.29, 1.82) is 0 Å². The van der Waals surface area contributed by atoms with Crippen molar-refractivity contribution in [2.75, 3.05) is 14.2 Å². The molecule has 2 rings (SSSR count). The van der Waals surface area contributed by atoms with E-state index in [9.17, 15) is 4.79 Å². The minimum absolute atomic E-state index is 0.563. The monoisotopic (exact) mass is 482 g/mol. The van der Waals surface area contributed by atoms with Gasteiger partial charge in [0.05, 0.1) is 26.6 Å². The second-order valence-electron chi connectivity index (χ2n) is 4.84. The number of ether oxygens (including phenoxy) is 2. The molecule has 136 valence electrons. The number of hydrazone groups is 2. The van der Waals surface area contributed by atoms with Crippen molar-refractivity contribution in [1.82, 2.24) is 10.9 Å². The predicted molar refractivity (Wildman–Crippen MR) is 108 cm³/mol. The van der Waals surface area contributed by atoms with E-state index in [1.54, 1.807) is 38.5 Å². The second-order valence-corrected chi connectivity index (χ2v) is 6.55. The fraction of sp³-hybridized carbons (Fsp3) is 0.118. The van der Waals surface area contributed by atoms with Crippen molar-refractivity contribution in [3.05, 3.63) is 56.5 Å². The number of carbonyl (C=O) groups is 1. The van der Waals surface area contributed by atoms with E-state index in [1.807, 2.05) is 12.1 Å². The zero-order chi connectivity index (χ0) is 18.9. The first-order valence-corrected chi connectivity index (χ1v) is 8.91. The Morgan fingerprint density at radius 1 is 0.885 bits per heavy atom. The molecule has 0 radical (unpaired) electrons. The predicted octanol–water partition coefficient (Wildman–Crippen LogP) is 3.90. The third kappa shape index (κ3) is 5.85. The summed E-state index contributed by atoms with van der Waals surface area (Å²) in [5, 5.41) is 7.73. The molecule has 0 atom stereocenters. The van der Waals surface area contributed by atoms with Crippen LogP contribution in [-0.4, -0.2) is 32.7 Å². The number of hydrogen-bond acceptors (Lipinski definition) is 5. The number of methoxy groups -OCH3 is 2. The maximum Gasteiger partial charge on any atom is 0.355 e. The van der Waals surface area contributed by atoms with Gasteiger partial charge in [-0.1, -0.05) is 0 Å². The van der Waals surface area contributed by atoms with Gasteiger partial charge < -0.3 is 9.47 Å². The molecule has 0 spiro atoms. The summed E-state index contributed by atoms with van der Waals surface area (Å²) in [6.45, 7) is 0. The van der Waals surface area contributed by atoms with Crippen LogP contribution < -0.4 is 20.3 Å². The fourth-order valence-electron chi connectivity index (χ4n) is 1.82. The van der Waals surface area contributed by atoms with Gasteiger partial charge in [-0.25, -0.2) is 15.6 Å². The first-order valence-electron chi connectivity index (χ1n) is 7.32. The van der Waals surface area contributed by atoms with Crippen LogP contribution in [-0.2, 0) is 0 Å². The molecule has 0 bridgehead atoms. The molecule has 0 heterocycles. The first-order chi connectivity index (χ1) is 12.5. The van der Waals surface area contributed by atoms with Crippen LogP contribution in [0.1, 0.15) is 11.1 Å². The van der Waals surface area contributed by atoms with Crippen molar-refractivity contribution in [2.45, 2.75) is 0 Å². The van der Waals surface area contributed by atoms with Crippen LogP contribution in [0.4, 0.5) is 4.79 Å². The average Bonchev–Trinajstić information content (AvgIpc) is 2.64. The highest BCUT2D eigenvalue weighted by Gasteiger charge is 2.01. The molecule has 0 fully saturated rings. The molecular formula is C17H16Br2N4O3. The van der Waals surface area contributed by atoms with E-state index in [1.165, 1.54) is 12.4 Å². The van der Waals surface area contributed by atoms with Crippen LogP contribution in [0.15, 0.2) is 55.5 Å². The molecular weight excluding hydrogens is 468 g/mol. The molecule has 2 amide bonds. The summed E-state index contributed by atoms with van der Waals surface area (Å²) >= 11 is 6.81. The molecule has 2 N–H and O–H groups in total. The Balaban J connectivity index is 1.87. The molecule has 0 saturated carbocycles. The summed E-state index contributed by atoms with van der Waals surface area (Å²) < 4.78 is 11.8. The lowest BCUT2D eigenvalue weighted by Gasteiger charge is -2.03. The van der Waals surface area contributed by atoms with Gasteiger partial charge in [0.15, 0.2) is 0 Å². The van der Waals surface area contributed by atoms with Gasteiger partial charge in [0, 0.05) is 20.1 Å². The van der Waals surface area contributed by atoms with Gasteiger partial charge in [0.2, 0.25) is 0 Å². The van der Waals surface area contributed by atoms with Crippen LogP contribution in [0.2, 0.25) is 0 Å². The van der Waals surface area contributed by atoms with Gasteiger partial charge in [-0.2, -0.15) is 10.2 Å². The van der Waals surface area contributed by atoms with E-state index < -0.39 is 6.03 Å². The zero-order valence-electron chi connectivity index (χ0n) is 14.0. The highest BCUT2D eigenvalue weighted by Crippen LogP contribution is 2.22. The Morgan fingerprint density at radius 2 is 1.31 bits per heavy atom. The summed E-state index contributed by atoms with van der Waals surface area (Å²) in [6.07, 6.45) is 3.01. The third-order valence-corrected chi connectivity index (χ3v) is 4.53. The molecule has 2 aromatic rings. The van der Waals surface area contributed by atoms with Gasteiger partial charge in [-0.15, -0.1) is 0 Å². The first kappa shape index (κ1) is 19.9. The largest absolute Gasteiger partial charge is 0.497 e. The summed E-state index contributed by atoms with van der Waals surface area (Å²) in [7, 11) is 3.18. The number of rotatable bonds is 6.